The third-order valence-electron chi connectivity index (χ3n) is 5.32. The molecule has 0 bridgehead atoms. The Morgan fingerprint density at radius 1 is 1.25 bits per heavy atom. The van der Waals surface area contributed by atoms with E-state index >= 15 is 0 Å². The van der Waals surface area contributed by atoms with Crippen LogP contribution in [-0.4, -0.2) is 47.8 Å². The molecule has 0 radical (unpaired) electrons. The lowest BCUT2D eigenvalue weighted by molar-refractivity contribution is -0.145. The minimum Gasteiger partial charge on any atom is -0.454 e. The Kier molecular flexibility index (Phi) is 3.42. The average molecular weight is 332 g/mol. The first-order valence-electron chi connectivity index (χ1n) is 8.18. The molecule has 2 heterocycles. The molecule has 2 aliphatic heterocycles. The summed E-state index contributed by atoms with van der Waals surface area (Å²) in [5.41, 5.74) is 5.32. The third kappa shape index (κ3) is 2.31. The van der Waals surface area contributed by atoms with E-state index < -0.39 is 17.4 Å². The lowest BCUT2D eigenvalue weighted by atomic mass is 9.86. The van der Waals surface area contributed by atoms with E-state index in [1.54, 1.807) is 4.90 Å². The summed E-state index contributed by atoms with van der Waals surface area (Å²) >= 11 is 0. The number of amides is 2. The number of aliphatic hydroxyl groups is 1. The first kappa shape index (κ1) is 15.3. The minimum atomic E-state index is -1.02. The number of hydrogen-bond donors (Lipinski definition) is 2. The van der Waals surface area contributed by atoms with Gasteiger partial charge in [0.2, 0.25) is 18.6 Å². The summed E-state index contributed by atoms with van der Waals surface area (Å²) in [5.74, 6) is 0.521. The standard InChI is InChI=1S/C17H20N2O5/c18-15(21)17(4-5-17)16(22)19-6-3-11(12(20)8-19)10-1-2-13-14(7-10)24-9-23-13/h1-2,7,11-12,20H,3-6,8-9H2,(H2,18,21)/t11-,12+/m0/s1. The Morgan fingerprint density at radius 2 is 2.00 bits per heavy atom. The van der Waals surface area contributed by atoms with Crippen LogP contribution in [0.3, 0.4) is 0 Å². The number of fused-ring (bicyclic) bond motifs is 1. The number of likely N-dealkylation sites (tertiary alicyclic amines) is 1. The SMILES string of the molecule is NC(=O)C1(C(=O)N2CC[C@@H](c3ccc4c(c3)OCO4)[C@H](O)C2)CC1. The predicted octanol–water partition coefficient (Wildman–Crippen LogP) is 0.358. The number of carbonyl (C=O) groups excluding carboxylic acids is 2. The summed E-state index contributed by atoms with van der Waals surface area (Å²) in [7, 11) is 0. The fourth-order valence-corrected chi connectivity index (χ4v) is 3.64. The number of nitrogens with zero attached hydrogens (tertiary/aromatic N) is 1. The molecule has 3 aliphatic rings. The van der Waals surface area contributed by atoms with Gasteiger partial charge in [0, 0.05) is 19.0 Å². The van der Waals surface area contributed by atoms with E-state index in [2.05, 4.69) is 0 Å². The summed E-state index contributed by atoms with van der Waals surface area (Å²) in [5, 5.41) is 10.5. The molecule has 7 nitrogen and oxygen atoms in total. The predicted molar refractivity (Wildman–Crippen MR) is 83.4 cm³/mol. The highest BCUT2D eigenvalue weighted by Gasteiger charge is 2.57. The Labute approximate surface area is 139 Å². The summed E-state index contributed by atoms with van der Waals surface area (Å²) in [6.07, 6.45) is 0.965. The molecule has 1 aromatic rings. The van der Waals surface area contributed by atoms with Crippen LogP contribution in [0.5, 0.6) is 11.5 Å². The number of nitrogens with two attached hydrogens (primary N) is 1. The zero-order chi connectivity index (χ0) is 16.9. The molecule has 2 fully saturated rings. The fourth-order valence-electron chi connectivity index (χ4n) is 3.64. The molecule has 2 atom stereocenters. The van der Waals surface area contributed by atoms with Crippen molar-refractivity contribution in [1.82, 2.24) is 4.90 Å². The van der Waals surface area contributed by atoms with E-state index in [1.165, 1.54) is 0 Å². The molecule has 1 aliphatic carbocycles. The summed E-state index contributed by atoms with van der Waals surface area (Å²) in [4.78, 5) is 25.6. The van der Waals surface area contributed by atoms with Gasteiger partial charge in [0.05, 0.1) is 6.10 Å². The first-order chi connectivity index (χ1) is 11.5. The maximum Gasteiger partial charge on any atom is 0.238 e. The molecule has 2 amide bonds. The molecule has 1 saturated heterocycles. The number of primary amides is 1. The number of rotatable bonds is 3. The summed E-state index contributed by atoms with van der Waals surface area (Å²) < 4.78 is 10.7. The van der Waals surface area contributed by atoms with Crippen molar-refractivity contribution in [2.75, 3.05) is 19.9 Å². The van der Waals surface area contributed by atoms with Crippen molar-refractivity contribution in [2.24, 2.45) is 11.1 Å². The molecule has 4 rings (SSSR count). The quantitative estimate of drug-likeness (QED) is 0.778. The van der Waals surface area contributed by atoms with Gasteiger partial charge in [0.25, 0.3) is 0 Å². The monoisotopic (exact) mass is 332 g/mol. The highest BCUT2D eigenvalue weighted by atomic mass is 16.7. The summed E-state index contributed by atoms with van der Waals surface area (Å²) in [6.45, 7) is 0.931. The smallest absolute Gasteiger partial charge is 0.238 e. The maximum atomic E-state index is 12.5. The van der Waals surface area contributed by atoms with Crippen molar-refractivity contribution in [3.63, 3.8) is 0 Å². The van der Waals surface area contributed by atoms with Crippen molar-refractivity contribution in [3.8, 4) is 11.5 Å². The van der Waals surface area contributed by atoms with Gasteiger partial charge in [-0.2, -0.15) is 0 Å². The van der Waals surface area contributed by atoms with Crippen molar-refractivity contribution < 1.29 is 24.2 Å². The molecule has 3 N–H and O–H groups in total. The van der Waals surface area contributed by atoms with Gasteiger partial charge in [-0.25, -0.2) is 0 Å². The number of hydrogen-bond acceptors (Lipinski definition) is 5. The van der Waals surface area contributed by atoms with Crippen LogP contribution < -0.4 is 15.2 Å². The number of β-amino-alcohol motifs (C(OH)–C–C–N with tert-alkyl or cyclic N) is 1. The van der Waals surface area contributed by atoms with E-state index in [-0.39, 0.29) is 25.2 Å². The number of benzene rings is 1. The van der Waals surface area contributed by atoms with Crippen LogP contribution in [0.25, 0.3) is 0 Å². The van der Waals surface area contributed by atoms with Crippen LogP contribution in [0, 0.1) is 5.41 Å². The van der Waals surface area contributed by atoms with Crippen molar-refractivity contribution in [2.45, 2.75) is 31.3 Å². The second kappa shape index (κ2) is 5.37. The molecule has 0 unspecified atom stereocenters. The van der Waals surface area contributed by atoms with E-state index in [0.29, 0.717) is 37.3 Å². The van der Waals surface area contributed by atoms with Gasteiger partial charge >= 0.3 is 0 Å². The van der Waals surface area contributed by atoms with Gasteiger partial charge in [-0.3, -0.25) is 9.59 Å². The van der Waals surface area contributed by atoms with Crippen molar-refractivity contribution >= 4 is 11.8 Å². The number of aliphatic hydroxyl groups excluding tert-OH is 1. The molecular formula is C17H20N2O5. The molecule has 0 spiro atoms. The van der Waals surface area contributed by atoms with E-state index in [1.807, 2.05) is 18.2 Å². The van der Waals surface area contributed by atoms with Crippen molar-refractivity contribution in [1.29, 1.82) is 0 Å². The zero-order valence-electron chi connectivity index (χ0n) is 13.2. The second-order valence-electron chi connectivity index (χ2n) is 6.77. The molecule has 7 heteroatoms. The lowest BCUT2D eigenvalue weighted by Gasteiger charge is -2.37. The van der Waals surface area contributed by atoms with Gasteiger partial charge in [-0.15, -0.1) is 0 Å². The molecule has 24 heavy (non-hydrogen) atoms. The van der Waals surface area contributed by atoms with Gasteiger partial charge in [0.15, 0.2) is 11.5 Å². The van der Waals surface area contributed by atoms with Gasteiger partial charge < -0.3 is 25.2 Å². The Bertz CT molecular complexity index is 700. The topological polar surface area (TPSA) is 102 Å². The van der Waals surface area contributed by atoms with Gasteiger partial charge in [-0.05, 0) is 37.0 Å². The zero-order valence-corrected chi connectivity index (χ0v) is 13.2. The Balaban J connectivity index is 1.47. The van der Waals surface area contributed by atoms with Crippen LogP contribution in [-0.2, 0) is 9.59 Å². The maximum absolute atomic E-state index is 12.5. The normalized spacial score (nSPS) is 27.0. The van der Waals surface area contributed by atoms with Crippen LogP contribution in [0.4, 0.5) is 0 Å². The van der Waals surface area contributed by atoms with Crippen LogP contribution in [0.1, 0.15) is 30.7 Å². The molecule has 1 aromatic carbocycles. The molecule has 0 aromatic heterocycles. The highest BCUT2D eigenvalue weighted by molar-refractivity contribution is 6.07. The van der Waals surface area contributed by atoms with Crippen LogP contribution in [0.15, 0.2) is 18.2 Å². The number of carbonyl (C=O) groups is 2. The van der Waals surface area contributed by atoms with Crippen molar-refractivity contribution in [3.05, 3.63) is 23.8 Å². The molecule has 1 saturated carbocycles. The van der Waals surface area contributed by atoms with E-state index in [4.69, 9.17) is 15.2 Å². The summed E-state index contributed by atoms with van der Waals surface area (Å²) in [6, 6.07) is 5.65. The molecule has 128 valence electrons. The minimum absolute atomic E-state index is 0.0766. The van der Waals surface area contributed by atoms with Gasteiger partial charge in [0.1, 0.15) is 5.41 Å². The second-order valence-corrected chi connectivity index (χ2v) is 6.77. The van der Waals surface area contributed by atoms with E-state index in [0.717, 1.165) is 5.56 Å². The fraction of sp³-hybridized carbons (Fsp3) is 0.529. The average Bonchev–Trinajstić information content (AvgIpc) is 3.26. The van der Waals surface area contributed by atoms with Gasteiger partial charge in [-0.1, -0.05) is 6.07 Å². The third-order valence-corrected chi connectivity index (χ3v) is 5.32. The first-order valence-corrected chi connectivity index (χ1v) is 8.18. The highest BCUT2D eigenvalue weighted by Crippen LogP contribution is 2.47. The van der Waals surface area contributed by atoms with Crippen LogP contribution >= 0.6 is 0 Å². The number of ether oxygens (including phenoxy) is 2. The number of piperidine rings is 1. The molecular weight excluding hydrogens is 312 g/mol. The Morgan fingerprint density at radius 3 is 2.67 bits per heavy atom. The largest absolute Gasteiger partial charge is 0.454 e. The Hall–Kier alpha value is -2.28. The van der Waals surface area contributed by atoms with E-state index in [9.17, 15) is 14.7 Å². The van der Waals surface area contributed by atoms with Crippen LogP contribution in [0.2, 0.25) is 0 Å². The lowest BCUT2D eigenvalue weighted by Crippen LogP contribution is -2.50.